The molecule has 2 N–H and O–H groups in total. The largest absolute Gasteiger partial charge is 0.339 e. The van der Waals surface area contributed by atoms with Crippen LogP contribution in [0.4, 0.5) is 22.9 Å². The van der Waals surface area contributed by atoms with Gasteiger partial charge in [-0.25, -0.2) is 4.68 Å². The number of nitrogens with one attached hydrogen (secondary N) is 2. The summed E-state index contributed by atoms with van der Waals surface area (Å²) < 4.78 is 1.63. The Kier molecular flexibility index (Phi) is 5.97. The minimum atomic E-state index is -0.398. The highest BCUT2D eigenvalue weighted by atomic mass is 16.2. The molecule has 0 radical (unpaired) electrons. The standard InChI is InChI=1S/C26H25N7O2/c1-17-4-9-22(14-18(17)2)32-16-19(15-25(32)34)26(35)29-21-7-5-20(6-8-21)28-23-10-11-24(31-30-23)33-13-3-12-27-33/h3-14,19H,15-16H2,1-2H3,(H,28,30)(H,29,35)/t19-/m0/s1. The molecule has 2 amide bonds. The minimum Gasteiger partial charge on any atom is -0.339 e. The first kappa shape index (κ1) is 22.3. The average Bonchev–Trinajstić information content (AvgIpc) is 3.53. The lowest BCUT2D eigenvalue weighted by Crippen LogP contribution is -2.28. The zero-order chi connectivity index (χ0) is 24.4. The second-order valence-corrected chi connectivity index (χ2v) is 8.59. The van der Waals surface area contributed by atoms with Crippen LogP contribution in [0, 0.1) is 19.8 Å². The number of carbonyl (C=O) groups is 2. The van der Waals surface area contributed by atoms with Crippen LogP contribution in [0.3, 0.4) is 0 Å². The summed E-state index contributed by atoms with van der Waals surface area (Å²) in [6.45, 7) is 4.43. The van der Waals surface area contributed by atoms with E-state index in [1.54, 1.807) is 22.0 Å². The van der Waals surface area contributed by atoms with E-state index < -0.39 is 5.92 Å². The molecule has 9 heteroatoms. The minimum absolute atomic E-state index is 0.0346. The molecule has 1 atom stereocenters. The van der Waals surface area contributed by atoms with Gasteiger partial charge in [0.05, 0.1) is 5.92 Å². The topological polar surface area (TPSA) is 105 Å². The molecule has 0 unspecified atom stereocenters. The average molecular weight is 468 g/mol. The Morgan fingerprint density at radius 2 is 1.77 bits per heavy atom. The van der Waals surface area contributed by atoms with Gasteiger partial charge in [-0.05, 0) is 79.6 Å². The highest BCUT2D eigenvalue weighted by Crippen LogP contribution is 2.28. The SMILES string of the molecule is Cc1ccc(N2C[C@@H](C(=O)Nc3ccc(Nc4ccc(-n5cccn5)nn4)cc3)CC2=O)cc1C. The van der Waals surface area contributed by atoms with Crippen LogP contribution in [0.15, 0.2) is 73.1 Å². The van der Waals surface area contributed by atoms with Crippen LogP contribution in [0.25, 0.3) is 5.82 Å². The molecule has 1 aliphatic rings. The molecule has 0 aliphatic carbocycles. The summed E-state index contributed by atoms with van der Waals surface area (Å²) in [5.74, 6) is 0.622. The molecular weight excluding hydrogens is 442 g/mol. The van der Waals surface area contributed by atoms with Gasteiger partial charge in [0, 0.05) is 42.4 Å². The van der Waals surface area contributed by atoms with Crippen molar-refractivity contribution in [1.29, 1.82) is 0 Å². The Morgan fingerprint density at radius 1 is 0.971 bits per heavy atom. The van der Waals surface area contributed by atoms with E-state index in [9.17, 15) is 9.59 Å². The number of anilines is 4. The van der Waals surface area contributed by atoms with Gasteiger partial charge in [-0.3, -0.25) is 9.59 Å². The fraction of sp³-hybridized carbons (Fsp3) is 0.192. The van der Waals surface area contributed by atoms with Crippen molar-refractivity contribution in [3.8, 4) is 5.82 Å². The number of benzene rings is 2. The maximum Gasteiger partial charge on any atom is 0.229 e. The highest BCUT2D eigenvalue weighted by molar-refractivity contribution is 6.03. The Morgan fingerprint density at radius 3 is 2.46 bits per heavy atom. The number of hydrogen-bond donors (Lipinski definition) is 2. The first-order valence-corrected chi connectivity index (χ1v) is 11.4. The number of aromatic nitrogens is 4. The van der Waals surface area contributed by atoms with Gasteiger partial charge in [0.2, 0.25) is 11.8 Å². The second-order valence-electron chi connectivity index (χ2n) is 8.59. The highest BCUT2D eigenvalue weighted by Gasteiger charge is 2.35. The van der Waals surface area contributed by atoms with Gasteiger partial charge < -0.3 is 15.5 Å². The molecular formula is C26H25N7O2. The van der Waals surface area contributed by atoms with E-state index >= 15 is 0 Å². The summed E-state index contributed by atoms with van der Waals surface area (Å²) in [4.78, 5) is 27.1. The molecule has 0 saturated carbocycles. The molecule has 2 aromatic carbocycles. The van der Waals surface area contributed by atoms with Gasteiger partial charge in [0.1, 0.15) is 0 Å². The van der Waals surface area contributed by atoms with Crippen LogP contribution in [0.2, 0.25) is 0 Å². The number of nitrogens with zero attached hydrogens (tertiary/aromatic N) is 5. The number of amides is 2. The van der Waals surface area contributed by atoms with Crippen molar-refractivity contribution < 1.29 is 9.59 Å². The van der Waals surface area contributed by atoms with Crippen molar-refractivity contribution in [1.82, 2.24) is 20.0 Å². The lowest BCUT2D eigenvalue weighted by Gasteiger charge is -2.18. The number of hydrogen-bond acceptors (Lipinski definition) is 6. The summed E-state index contributed by atoms with van der Waals surface area (Å²) in [6.07, 6.45) is 3.68. The number of aryl methyl sites for hydroxylation is 2. The fourth-order valence-electron chi connectivity index (χ4n) is 3.97. The molecule has 35 heavy (non-hydrogen) atoms. The van der Waals surface area contributed by atoms with Crippen LogP contribution in [-0.2, 0) is 9.59 Å². The summed E-state index contributed by atoms with van der Waals surface area (Å²) >= 11 is 0. The predicted octanol–water partition coefficient (Wildman–Crippen LogP) is 4.01. The quantitative estimate of drug-likeness (QED) is 0.444. The zero-order valence-electron chi connectivity index (χ0n) is 19.5. The van der Waals surface area contributed by atoms with E-state index in [1.165, 1.54) is 5.56 Å². The van der Waals surface area contributed by atoms with Crippen LogP contribution >= 0.6 is 0 Å². The van der Waals surface area contributed by atoms with Gasteiger partial charge in [-0.2, -0.15) is 5.10 Å². The van der Waals surface area contributed by atoms with Crippen LogP contribution in [-0.4, -0.2) is 38.3 Å². The Labute approximate surface area is 202 Å². The number of carbonyl (C=O) groups excluding carboxylic acids is 2. The lowest BCUT2D eigenvalue weighted by atomic mass is 10.1. The molecule has 176 valence electrons. The van der Waals surface area contributed by atoms with E-state index in [-0.39, 0.29) is 18.2 Å². The predicted molar refractivity (Wildman–Crippen MR) is 134 cm³/mol. The van der Waals surface area contributed by atoms with Crippen molar-refractivity contribution >= 4 is 34.7 Å². The molecule has 1 saturated heterocycles. The van der Waals surface area contributed by atoms with Crippen molar-refractivity contribution in [3.05, 3.63) is 84.2 Å². The van der Waals surface area contributed by atoms with Crippen molar-refractivity contribution in [2.24, 2.45) is 5.92 Å². The fourth-order valence-corrected chi connectivity index (χ4v) is 3.97. The summed E-state index contributed by atoms with van der Waals surface area (Å²) in [5.41, 5.74) is 4.60. The van der Waals surface area contributed by atoms with E-state index in [0.29, 0.717) is 23.9 Å². The van der Waals surface area contributed by atoms with E-state index in [1.807, 2.05) is 74.5 Å². The van der Waals surface area contributed by atoms with Gasteiger partial charge in [-0.15, -0.1) is 10.2 Å². The normalized spacial score (nSPS) is 15.3. The first-order chi connectivity index (χ1) is 17.0. The third-order valence-electron chi connectivity index (χ3n) is 6.11. The van der Waals surface area contributed by atoms with Crippen molar-refractivity contribution in [2.75, 3.05) is 22.1 Å². The summed E-state index contributed by atoms with van der Waals surface area (Å²) in [7, 11) is 0. The molecule has 3 heterocycles. The van der Waals surface area contributed by atoms with Gasteiger partial charge >= 0.3 is 0 Å². The molecule has 0 spiro atoms. The Bertz CT molecular complexity index is 1350. The van der Waals surface area contributed by atoms with Crippen LogP contribution < -0.4 is 15.5 Å². The Balaban J connectivity index is 1.18. The lowest BCUT2D eigenvalue weighted by molar-refractivity contribution is -0.122. The first-order valence-electron chi connectivity index (χ1n) is 11.4. The third kappa shape index (κ3) is 4.89. The molecule has 5 rings (SSSR count). The third-order valence-corrected chi connectivity index (χ3v) is 6.11. The summed E-state index contributed by atoms with van der Waals surface area (Å²) in [6, 6.07) is 18.7. The van der Waals surface area contributed by atoms with Crippen molar-refractivity contribution in [3.63, 3.8) is 0 Å². The zero-order valence-corrected chi connectivity index (χ0v) is 19.5. The van der Waals surface area contributed by atoms with Gasteiger partial charge in [0.15, 0.2) is 11.6 Å². The molecule has 0 bridgehead atoms. The van der Waals surface area contributed by atoms with Crippen LogP contribution in [0.1, 0.15) is 17.5 Å². The van der Waals surface area contributed by atoms with Crippen molar-refractivity contribution in [2.45, 2.75) is 20.3 Å². The molecule has 4 aromatic rings. The van der Waals surface area contributed by atoms with Gasteiger partial charge in [0.25, 0.3) is 0 Å². The molecule has 1 aliphatic heterocycles. The van der Waals surface area contributed by atoms with E-state index in [4.69, 9.17) is 0 Å². The Hall–Kier alpha value is -4.53. The monoisotopic (exact) mass is 467 g/mol. The molecule has 9 nitrogen and oxygen atoms in total. The van der Waals surface area contributed by atoms with E-state index in [0.717, 1.165) is 16.9 Å². The smallest absolute Gasteiger partial charge is 0.229 e. The second kappa shape index (κ2) is 9.38. The van der Waals surface area contributed by atoms with E-state index in [2.05, 4.69) is 25.9 Å². The maximum atomic E-state index is 12.8. The molecule has 2 aromatic heterocycles. The maximum absolute atomic E-state index is 12.8. The summed E-state index contributed by atoms with van der Waals surface area (Å²) in [5, 5.41) is 18.6. The van der Waals surface area contributed by atoms with Crippen LogP contribution in [0.5, 0.6) is 0 Å². The molecule has 1 fully saturated rings. The number of rotatable bonds is 6. The van der Waals surface area contributed by atoms with Gasteiger partial charge in [-0.1, -0.05) is 6.07 Å².